The molecular formula is C26H30FN3O7. The van der Waals surface area contributed by atoms with Crippen molar-refractivity contribution in [3.8, 4) is 5.75 Å². The van der Waals surface area contributed by atoms with Gasteiger partial charge in [-0.3, -0.25) is 19.4 Å². The van der Waals surface area contributed by atoms with Gasteiger partial charge in [0.1, 0.15) is 30.5 Å². The maximum absolute atomic E-state index is 14.9. The van der Waals surface area contributed by atoms with Crippen molar-refractivity contribution >= 4 is 18.1 Å². The molecule has 198 valence electrons. The average molecular weight is 516 g/mol. The van der Waals surface area contributed by atoms with E-state index in [0.29, 0.717) is 30.9 Å². The average Bonchev–Trinajstić information content (AvgIpc) is 3.10. The van der Waals surface area contributed by atoms with Gasteiger partial charge in [0.2, 0.25) is 5.91 Å². The predicted octanol–water partition coefficient (Wildman–Crippen LogP) is 0.881. The van der Waals surface area contributed by atoms with E-state index in [9.17, 15) is 29.0 Å². The molecule has 2 aliphatic heterocycles. The second-order valence-corrected chi connectivity index (χ2v) is 8.97. The molecule has 1 atom stereocenters. The number of nitrogens with one attached hydrogen (secondary N) is 1. The largest absolute Gasteiger partial charge is 0.488 e. The monoisotopic (exact) mass is 515 g/mol. The summed E-state index contributed by atoms with van der Waals surface area (Å²) in [7, 11) is 1.34. The summed E-state index contributed by atoms with van der Waals surface area (Å²) in [6.45, 7) is 3.22. The number of carbonyl (C=O) groups excluding carboxylic acids is 3. The molecule has 0 saturated carbocycles. The third kappa shape index (κ3) is 5.49. The van der Waals surface area contributed by atoms with E-state index in [0.717, 1.165) is 18.7 Å². The Morgan fingerprint density at radius 2 is 2.03 bits per heavy atom. The van der Waals surface area contributed by atoms with Crippen LogP contribution in [0, 0.1) is 5.82 Å². The first-order chi connectivity index (χ1) is 17.8. The minimum Gasteiger partial charge on any atom is -0.488 e. The molecule has 0 radical (unpaired) electrons. The van der Waals surface area contributed by atoms with E-state index in [4.69, 9.17) is 9.47 Å². The van der Waals surface area contributed by atoms with E-state index in [1.165, 1.54) is 31.3 Å². The molecule has 2 aromatic rings. The Bertz CT molecular complexity index is 1170. The fourth-order valence-electron chi connectivity index (χ4n) is 4.68. The minimum absolute atomic E-state index is 0.0406. The molecule has 0 spiro atoms. The number of fused-ring (bicyclic) bond motifs is 1. The summed E-state index contributed by atoms with van der Waals surface area (Å²) in [6, 6.07) is 7.86. The number of morpholine rings is 1. The smallest absolute Gasteiger partial charge is 0.282 e. The minimum atomic E-state index is -2.89. The van der Waals surface area contributed by atoms with Crippen LogP contribution in [0.4, 0.5) is 4.39 Å². The molecule has 2 amide bonds. The van der Waals surface area contributed by atoms with E-state index in [-0.39, 0.29) is 41.9 Å². The maximum Gasteiger partial charge on any atom is 0.282 e. The number of carbonyl (C=O) groups is 3. The van der Waals surface area contributed by atoms with Crippen LogP contribution < -0.4 is 10.1 Å². The molecule has 3 N–H and O–H groups in total. The molecular weight excluding hydrogens is 485 g/mol. The number of ether oxygens (including phenoxy) is 2. The number of benzene rings is 2. The Morgan fingerprint density at radius 1 is 1.27 bits per heavy atom. The van der Waals surface area contributed by atoms with Gasteiger partial charge in [0, 0.05) is 38.7 Å². The van der Waals surface area contributed by atoms with Crippen LogP contribution in [0.15, 0.2) is 36.4 Å². The fraction of sp³-hybridized carbons (Fsp3) is 0.423. The third-order valence-corrected chi connectivity index (χ3v) is 6.58. The van der Waals surface area contributed by atoms with Gasteiger partial charge < -0.3 is 29.8 Å². The number of aldehydes is 1. The Labute approximate surface area is 213 Å². The zero-order valence-corrected chi connectivity index (χ0v) is 20.5. The van der Waals surface area contributed by atoms with Gasteiger partial charge in [-0.2, -0.15) is 0 Å². The van der Waals surface area contributed by atoms with Crippen LogP contribution in [-0.2, 0) is 33.4 Å². The number of nitrogens with zero attached hydrogens (tertiary/aromatic N) is 2. The topological polar surface area (TPSA) is 129 Å². The van der Waals surface area contributed by atoms with Crippen LogP contribution in [0.3, 0.4) is 0 Å². The van der Waals surface area contributed by atoms with E-state index in [2.05, 4.69) is 10.2 Å². The van der Waals surface area contributed by atoms with Crippen molar-refractivity contribution in [1.82, 2.24) is 15.1 Å². The van der Waals surface area contributed by atoms with Crippen LogP contribution in [0.5, 0.6) is 5.75 Å². The van der Waals surface area contributed by atoms with E-state index in [1.807, 2.05) is 0 Å². The van der Waals surface area contributed by atoms with Crippen molar-refractivity contribution in [3.05, 3.63) is 64.5 Å². The van der Waals surface area contributed by atoms with Crippen molar-refractivity contribution in [2.75, 3.05) is 33.4 Å². The number of hydrogen-bond acceptors (Lipinski definition) is 8. The van der Waals surface area contributed by atoms with E-state index >= 15 is 0 Å². The van der Waals surface area contributed by atoms with E-state index < -0.39 is 29.6 Å². The lowest BCUT2D eigenvalue weighted by molar-refractivity contribution is -0.259. The summed E-state index contributed by atoms with van der Waals surface area (Å²) in [6.07, 6.45) is 0.401. The van der Waals surface area contributed by atoms with Gasteiger partial charge in [0.15, 0.2) is 0 Å². The van der Waals surface area contributed by atoms with Crippen molar-refractivity contribution < 1.29 is 38.5 Å². The Morgan fingerprint density at radius 3 is 2.70 bits per heavy atom. The maximum atomic E-state index is 14.9. The third-order valence-electron chi connectivity index (χ3n) is 6.58. The van der Waals surface area contributed by atoms with Gasteiger partial charge in [-0.1, -0.05) is 18.2 Å². The van der Waals surface area contributed by atoms with Crippen molar-refractivity contribution in [3.63, 3.8) is 0 Å². The van der Waals surface area contributed by atoms with Gasteiger partial charge in [0.25, 0.3) is 11.8 Å². The molecule has 10 nitrogen and oxygen atoms in total. The van der Waals surface area contributed by atoms with Crippen LogP contribution >= 0.6 is 0 Å². The standard InChI is InChI=1S/C26H30FN3O7/c1-28-24(32)21(5-3-11-31)30-25(33)19-4-2-6-22(23(19)26(30,34)35)37-16-18-8-7-17(14-20(18)27)15-29-9-12-36-13-10-29/h2,4,6-8,11,14,21,34-35H,3,5,9-10,12-13,15-16H2,1H3,(H,28,32). The summed E-state index contributed by atoms with van der Waals surface area (Å²) in [5.41, 5.74) is 0.749. The van der Waals surface area contributed by atoms with Crippen molar-refractivity contribution in [1.29, 1.82) is 0 Å². The zero-order chi connectivity index (χ0) is 26.6. The molecule has 1 fully saturated rings. The number of amides is 2. The quantitative estimate of drug-likeness (QED) is 0.314. The highest BCUT2D eigenvalue weighted by Crippen LogP contribution is 2.43. The summed E-state index contributed by atoms with van der Waals surface area (Å²) in [5, 5.41) is 24.5. The summed E-state index contributed by atoms with van der Waals surface area (Å²) < 4.78 is 26.0. The first kappa shape index (κ1) is 26.7. The SMILES string of the molecule is CNC(=O)C(CCC=O)N1C(=O)c2cccc(OCc3ccc(CN4CCOCC4)cc3F)c2C1(O)O. The number of aliphatic hydroxyl groups is 2. The summed E-state index contributed by atoms with van der Waals surface area (Å²) in [5.74, 6) is -4.85. The van der Waals surface area contributed by atoms with Crippen LogP contribution in [-0.4, -0.2) is 77.5 Å². The van der Waals surface area contributed by atoms with E-state index in [1.54, 1.807) is 12.1 Å². The molecule has 0 bridgehead atoms. The second kappa shape index (κ2) is 11.3. The molecule has 2 aliphatic rings. The molecule has 0 aliphatic carbocycles. The number of halogens is 1. The van der Waals surface area contributed by atoms with Crippen LogP contribution in [0.2, 0.25) is 0 Å². The molecule has 1 unspecified atom stereocenters. The fourth-order valence-corrected chi connectivity index (χ4v) is 4.68. The lowest BCUT2D eigenvalue weighted by atomic mass is 10.1. The Balaban J connectivity index is 1.54. The molecule has 2 heterocycles. The second-order valence-electron chi connectivity index (χ2n) is 8.97. The van der Waals surface area contributed by atoms with Crippen molar-refractivity contribution in [2.24, 2.45) is 0 Å². The zero-order valence-electron chi connectivity index (χ0n) is 20.5. The first-order valence-electron chi connectivity index (χ1n) is 12.0. The van der Waals surface area contributed by atoms with Crippen LogP contribution in [0.1, 0.15) is 39.9 Å². The molecule has 0 aromatic heterocycles. The lowest BCUT2D eigenvalue weighted by Crippen LogP contribution is -2.55. The highest BCUT2D eigenvalue weighted by molar-refractivity contribution is 6.02. The van der Waals surface area contributed by atoms with Crippen LogP contribution in [0.25, 0.3) is 0 Å². The number of hydrogen-bond donors (Lipinski definition) is 3. The van der Waals surface area contributed by atoms with Gasteiger partial charge in [-0.05, 0) is 30.2 Å². The summed E-state index contributed by atoms with van der Waals surface area (Å²) in [4.78, 5) is 39.3. The molecule has 4 rings (SSSR count). The van der Waals surface area contributed by atoms with Gasteiger partial charge in [-0.15, -0.1) is 0 Å². The Hall–Kier alpha value is -3.38. The van der Waals surface area contributed by atoms with Gasteiger partial charge in [-0.25, -0.2) is 4.39 Å². The molecule has 2 aromatic carbocycles. The first-order valence-corrected chi connectivity index (χ1v) is 12.0. The van der Waals surface area contributed by atoms with Gasteiger partial charge in [0.05, 0.1) is 24.3 Å². The number of likely N-dealkylation sites (N-methyl/N-ethyl adjacent to an activating group) is 1. The molecule has 37 heavy (non-hydrogen) atoms. The molecule has 1 saturated heterocycles. The number of rotatable bonds is 10. The van der Waals surface area contributed by atoms with Gasteiger partial charge >= 0.3 is 0 Å². The molecule has 11 heteroatoms. The highest BCUT2D eigenvalue weighted by Gasteiger charge is 2.54. The normalized spacial score (nSPS) is 17.8. The highest BCUT2D eigenvalue weighted by atomic mass is 19.1. The lowest BCUT2D eigenvalue weighted by Gasteiger charge is -2.34. The predicted molar refractivity (Wildman–Crippen MR) is 129 cm³/mol. The Kier molecular flexibility index (Phi) is 8.18. The van der Waals surface area contributed by atoms with Crippen molar-refractivity contribution in [2.45, 2.75) is 37.9 Å². The summed E-state index contributed by atoms with van der Waals surface area (Å²) >= 11 is 0.